The van der Waals surface area contributed by atoms with Crippen molar-refractivity contribution in [3.05, 3.63) is 47.8 Å². The summed E-state index contributed by atoms with van der Waals surface area (Å²) in [6, 6.07) is 9.63. The SMILES string of the molecule is CN(Cc1ccc(N2CCOCC2)cc1)C(=O)c1cc(S(=O)(=O)N2CCOCC2)cn1C. The van der Waals surface area contributed by atoms with E-state index >= 15 is 0 Å². The van der Waals surface area contributed by atoms with Gasteiger partial charge in [-0.3, -0.25) is 4.79 Å². The van der Waals surface area contributed by atoms with Crippen molar-refractivity contribution in [2.24, 2.45) is 7.05 Å². The van der Waals surface area contributed by atoms with Crippen LogP contribution in [0.1, 0.15) is 16.1 Å². The number of nitrogens with zero attached hydrogens (tertiary/aromatic N) is 4. The van der Waals surface area contributed by atoms with Crippen molar-refractivity contribution in [3.63, 3.8) is 0 Å². The lowest BCUT2D eigenvalue weighted by Crippen LogP contribution is -2.40. The molecule has 0 radical (unpaired) electrons. The van der Waals surface area contributed by atoms with Crippen LogP contribution in [0.3, 0.4) is 0 Å². The van der Waals surface area contributed by atoms with E-state index in [-0.39, 0.29) is 10.8 Å². The molecule has 9 nitrogen and oxygen atoms in total. The van der Waals surface area contributed by atoms with Crippen LogP contribution in [0, 0.1) is 0 Å². The van der Waals surface area contributed by atoms with Gasteiger partial charge >= 0.3 is 0 Å². The van der Waals surface area contributed by atoms with Crippen LogP contribution in [0.15, 0.2) is 41.4 Å². The topological polar surface area (TPSA) is 84.3 Å². The number of amides is 1. The van der Waals surface area contributed by atoms with E-state index in [1.165, 1.54) is 16.6 Å². The van der Waals surface area contributed by atoms with Crippen LogP contribution < -0.4 is 4.90 Å². The number of benzene rings is 1. The number of carbonyl (C=O) groups is 1. The summed E-state index contributed by atoms with van der Waals surface area (Å²) < 4.78 is 39.5. The minimum absolute atomic E-state index is 0.133. The van der Waals surface area contributed by atoms with Crippen LogP contribution in [0.2, 0.25) is 0 Å². The number of morpholine rings is 2. The number of rotatable bonds is 6. The summed E-state index contributed by atoms with van der Waals surface area (Å²) >= 11 is 0. The molecule has 0 unspecified atom stereocenters. The van der Waals surface area contributed by atoms with E-state index in [0.29, 0.717) is 38.5 Å². The molecule has 0 N–H and O–H groups in total. The molecular weight excluding hydrogens is 432 g/mol. The van der Waals surface area contributed by atoms with Gasteiger partial charge in [0.25, 0.3) is 5.91 Å². The molecule has 0 bridgehead atoms. The molecule has 2 aromatic rings. The Kier molecular flexibility index (Phi) is 6.85. The Balaban J connectivity index is 1.43. The smallest absolute Gasteiger partial charge is 0.270 e. The van der Waals surface area contributed by atoms with Gasteiger partial charge in [0.15, 0.2) is 0 Å². The zero-order valence-corrected chi connectivity index (χ0v) is 19.4. The largest absolute Gasteiger partial charge is 0.379 e. The van der Waals surface area contributed by atoms with Gasteiger partial charge < -0.3 is 23.8 Å². The Morgan fingerprint density at radius 1 is 1.00 bits per heavy atom. The molecule has 0 aliphatic carbocycles. The maximum atomic E-state index is 13.1. The maximum Gasteiger partial charge on any atom is 0.270 e. The highest BCUT2D eigenvalue weighted by atomic mass is 32.2. The molecule has 3 heterocycles. The first-order chi connectivity index (χ1) is 15.4. The summed E-state index contributed by atoms with van der Waals surface area (Å²) in [6.07, 6.45) is 1.50. The van der Waals surface area contributed by atoms with E-state index in [9.17, 15) is 13.2 Å². The quantitative estimate of drug-likeness (QED) is 0.641. The number of hydrogen-bond donors (Lipinski definition) is 0. The number of aromatic nitrogens is 1. The van der Waals surface area contributed by atoms with Crippen LogP contribution in [-0.2, 0) is 33.1 Å². The van der Waals surface area contributed by atoms with Gasteiger partial charge in [0.2, 0.25) is 10.0 Å². The molecule has 1 amide bonds. The second-order valence-corrected chi connectivity index (χ2v) is 10.1. The van der Waals surface area contributed by atoms with Gasteiger partial charge in [0, 0.05) is 58.7 Å². The van der Waals surface area contributed by atoms with Crippen molar-refractivity contribution >= 4 is 21.6 Å². The van der Waals surface area contributed by atoms with Crippen LogP contribution >= 0.6 is 0 Å². The van der Waals surface area contributed by atoms with Gasteiger partial charge in [-0.25, -0.2) is 8.42 Å². The summed E-state index contributed by atoms with van der Waals surface area (Å²) in [5.74, 6) is -0.229. The summed E-state index contributed by atoms with van der Waals surface area (Å²) in [5.41, 5.74) is 2.49. The van der Waals surface area contributed by atoms with Crippen molar-refractivity contribution in [2.75, 3.05) is 64.6 Å². The predicted molar refractivity (Wildman–Crippen MR) is 120 cm³/mol. The van der Waals surface area contributed by atoms with Gasteiger partial charge in [0.1, 0.15) is 10.6 Å². The molecule has 2 aliphatic rings. The van der Waals surface area contributed by atoms with Crippen molar-refractivity contribution in [1.82, 2.24) is 13.8 Å². The fraction of sp³-hybridized carbons (Fsp3) is 0.500. The molecule has 10 heteroatoms. The lowest BCUT2D eigenvalue weighted by molar-refractivity contribution is 0.0730. The minimum atomic E-state index is -3.65. The van der Waals surface area contributed by atoms with Crippen molar-refractivity contribution in [3.8, 4) is 0 Å². The van der Waals surface area contributed by atoms with Crippen molar-refractivity contribution in [1.29, 1.82) is 0 Å². The highest BCUT2D eigenvalue weighted by molar-refractivity contribution is 7.89. The van der Waals surface area contributed by atoms with E-state index in [1.807, 2.05) is 12.1 Å². The van der Waals surface area contributed by atoms with E-state index < -0.39 is 10.0 Å². The van der Waals surface area contributed by atoms with Crippen LogP contribution in [0.25, 0.3) is 0 Å². The third-order valence-corrected chi connectivity index (χ3v) is 7.75. The maximum absolute atomic E-state index is 13.1. The Hall–Kier alpha value is -2.40. The standard InChI is InChI=1S/C22H30N4O5S/c1-23-17-20(32(28,29)26-9-13-31-14-10-26)15-21(23)22(27)24(2)16-18-3-5-19(6-4-18)25-7-11-30-12-8-25/h3-6,15,17H,7-14,16H2,1-2H3. The summed E-state index contributed by atoms with van der Waals surface area (Å²) in [6.45, 7) is 5.05. The third-order valence-electron chi connectivity index (χ3n) is 5.89. The van der Waals surface area contributed by atoms with E-state index in [4.69, 9.17) is 9.47 Å². The molecule has 2 saturated heterocycles. The molecule has 1 aromatic heterocycles. The van der Waals surface area contributed by atoms with E-state index in [2.05, 4.69) is 17.0 Å². The molecule has 0 atom stereocenters. The average molecular weight is 463 g/mol. The lowest BCUT2D eigenvalue weighted by Gasteiger charge is -2.29. The fourth-order valence-electron chi connectivity index (χ4n) is 4.00. The van der Waals surface area contributed by atoms with Crippen LogP contribution in [0.5, 0.6) is 0 Å². The normalized spacial score (nSPS) is 18.0. The van der Waals surface area contributed by atoms with Gasteiger partial charge in [-0.15, -0.1) is 0 Å². The molecular formula is C22H30N4O5S. The van der Waals surface area contributed by atoms with Gasteiger partial charge in [0.05, 0.1) is 26.4 Å². The Labute approximate surface area is 189 Å². The monoisotopic (exact) mass is 462 g/mol. The number of anilines is 1. The predicted octanol–water partition coefficient (Wildman–Crippen LogP) is 1.15. The Morgan fingerprint density at radius 2 is 1.59 bits per heavy atom. The van der Waals surface area contributed by atoms with Gasteiger partial charge in [-0.05, 0) is 23.8 Å². The second kappa shape index (κ2) is 9.62. The highest BCUT2D eigenvalue weighted by Crippen LogP contribution is 2.22. The Bertz CT molecular complexity index is 1040. The summed E-state index contributed by atoms with van der Waals surface area (Å²) in [7, 11) is -0.235. The van der Waals surface area contributed by atoms with Crippen LogP contribution in [-0.4, -0.2) is 87.8 Å². The number of sulfonamides is 1. The zero-order valence-electron chi connectivity index (χ0n) is 18.6. The van der Waals surface area contributed by atoms with E-state index in [0.717, 1.165) is 37.6 Å². The first-order valence-electron chi connectivity index (χ1n) is 10.8. The van der Waals surface area contributed by atoms with Crippen molar-refractivity contribution < 1.29 is 22.7 Å². The second-order valence-electron chi connectivity index (χ2n) is 8.12. The molecule has 0 saturated carbocycles. The Morgan fingerprint density at radius 3 is 2.22 bits per heavy atom. The first-order valence-corrected chi connectivity index (χ1v) is 12.2. The summed E-state index contributed by atoms with van der Waals surface area (Å²) in [4.78, 5) is 17.1. The average Bonchev–Trinajstić information content (AvgIpc) is 3.22. The fourth-order valence-corrected chi connectivity index (χ4v) is 5.48. The first kappa shape index (κ1) is 22.8. The van der Waals surface area contributed by atoms with Crippen molar-refractivity contribution in [2.45, 2.75) is 11.4 Å². The molecule has 2 fully saturated rings. The molecule has 174 valence electrons. The molecule has 0 spiro atoms. The molecule has 4 rings (SSSR count). The number of ether oxygens (including phenoxy) is 2. The van der Waals surface area contributed by atoms with E-state index in [1.54, 1.807) is 23.6 Å². The molecule has 1 aromatic carbocycles. The molecule has 32 heavy (non-hydrogen) atoms. The number of aryl methyl sites for hydroxylation is 1. The van der Waals surface area contributed by atoms with Gasteiger partial charge in [-0.1, -0.05) is 12.1 Å². The third kappa shape index (κ3) is 4.83. The number of carbonyl (C=O) groups excluding carboxylic acids is 1. The van der Waals surface area contributed by atoms with Gasteiger partial charge in [-0.2, -0.15) is 4.31 Å². The number of hydrogen-bond acceptors (Lipinski definition) is 6. The summed E-state index contributed by atoms with van der Waals surface area (Å²) in [5, 5.41) is 0. The molecule has 2 aliphatic heterocycles. The lowest BCUT2D eigenvalue weighted by atomic mass is 10.1. The van der Waals surface area contributed by atoms with Crippen LogP contribution in [0.4, 0.5) is 5.69 Å². The highest BCUT2D eigenvalue weighted by Gasteiger charge is 2.29. The zero-order chi connectivity index (χ0) is 22.7. The minimum Gasteiger partial charge on any atom is -0.379 e.